The highest BCUT2D eigenvalue weighted by Crippen LogP contribution is 1.99. The highest BCUT2D eigenvalue weighted by molar-refractivity contribution is 5.95. The van der Waals surface area contributed by atoms with E-state index in [9.17, 15) is 38.4 Å². The molecule has 42 heavy (non-hydrogen) atoms. The van der Waals surface area contributed by atoms with Crippen LogP contribution in [0.15, 0.2) is 0 Å². The Morgan fingerprint density at radius 1 is 0.690 bits per heavy atom. The van der Waals surface area contributed by atoms with Crippen molar-refractivity contribution in [3.8, 4) is 0 Å². The maximum atomic E-state index is 12.7. The van der Waals surface area contributed by atoms with Gasteiger partial charge < -0.3 is 63.8 Å². The van der Waals surface area contributed by atoms with Gasteiger partial charge in [-0.25, -0.2) is 4.79 Å². The minimum absolute atomic E-state index is 0.0618. The van der Waals surface area contributed by atoms with Gasteiger partial charge in [-0.3, -0.25) is 39.0 Å². The molecule has 21 heteroatoms. The van der Waals surface area contributed by atoms with E-state index in [4.69, 9.17) is 37.3 Å². The Morgan fingerprint density at radius 3 is 1.69 bits per heavy atom. The number of hydrogen-bond acceptors (Lipinski definition) is 11. The fourth-order valence-electron chi connectivity index (χ4n) is 3.00. The smallest absolute Gasteiger partial charge is 0.328 e. The maximum Gasteiger partial charge on any atom is 0.328 e. The monoisotopic (exact) mass is 605 g/mol. The molecule has 0 aromatic heterocycles. The summed E-state index contributed by atoms with van der Waals surface area (Å²) in [5.74, 6) is -9.89. The van der Waals surface area contributed by atoms with Gasteiger partial charge in [0.15, 0.2) is 5.96 Å². The summed E-state index contributed by atoms with van der Waals surface area (Å²) in [5, 5.41) is 55.7. The van der Waals surface area contributed by atoms with Crippen molar-refractivity contribution >= 4 is 53.4 Å². The summed E-state index contributed by atoms with van der Waals surface area (Å²) in [6, 6.07) is -6.28. The Kier molecular flexibility index (Phi) is 16.8. The van der Waals surface area contributed by atoms with E-state index >= 15 is 0 Å². The van der Waals surface area contributed by atoms with Crippen LogP contribution in [0.25, 0.3) is 0 Å². The number of nitrogens with one attached hydrogen (secondary N) is 7. The number of rotatable bonds is 20. The molecule has 0 aromatic carbocycles. The SMILES string of the molecule is N=C(N)NCCCC(NC(=O)CNC(=O)C(N)CC(=O)O)C(=O)NCC(=O)NC(CC(=O)O)C(=O)NC(CO)C(=O)O. The van der Waals surface area contributed by atoms with Gasteiger partial charge in [0.25, 0.3) is 0 Å². The summed E-state index contributed by atoms with van der Waals surface area (Å²) in [6.45, 7) is -2.39. The van der Waals surface area contributed by atoms with E-state index in [1.165, 1.54) is 0 Å². The molecule has 0 saturated carbocycles. The number of carboxylic acids is 3. The molecule has 0 fully saturated rings. The molecular weight excluding hydrogens is 570 g/mol. The number of aliphatic hydroxyl groups is 1. The van der Waals surface area contributed by atoms with E-state index in [-0.39, 0.29) is 25.3 Å². The molecule has 0 bridgehead atoms. The van der Waals surface area contributed by atoms with Gasteiger partial charge in [0.2, 0.25) is 29.5 Å². The molecule has 0 rings (SSSR count). The highest BCUT2D eigenvalue weighted by Gasteiger charge is 2.29. The molecule has 15 N–H and O–H groups in total. The summed E-state index contributed by atoms with van der Waals surface area (Å²) in [5.41, 5.74) is 10.6. The average Bonchev–Trinajstić information content (AvgIpc) is 2.88. The van der Waals surface area contributed by atoms with E-state index in [0.29, 0.717) is 0 Å². The third-order valence-corrected chi connectivity index (χ3v) is 5.04. The Balaban J connectivity index is 5.25. The van der Waals surface area contributed by atoms with Gasteiger partial charge >= 0.3 is 17.9 Å². The van der Waals surface area contributed by atoms with Crippen LogP contribution in [0.4, 0.5) is 0 Å². The molecule has 0 heterocycles. The third-order valence-electron chi connectivity index (χ3n) is 5.04. The summed E-state index contributed by atoms with van der Waals surface area (Å²) < 4.78 is 0. The molecule has 236 valence electrons. The van der Waals surface area contributed by atoms with Crippen molar-refractivity contribution in [1.82, 2.24) is 31.9 Å². The Hall–Kier alpha value is -5.05. The summed E-state index contributed by atoms with van der Waals surface area (Å²) in [7, 11) is 0. The van der Waals surface area contributed by atoms with Gasteiger partial charge in [-0.15, -0.1) is 0 Å². The third kappa shape index (κ3) is 16.1. The molecule has 4 unspecified atom stereocenters. The van der Waals surface area contributed by atoms with E-state index < -0.39 is 104 Å². The first kappa shape index (κ1) is 36.9. The van der Waals surface area contributed by atoms with E-state index in [0.717, 1.165) is 0 Å². The molecule has 0 saturated heterocycles. The molecule has 4 atom stereocenters. The lowest BCUT2D eigenvalue weighted by molar-refractivity contribution is -0.144. The van der Waals surface area contributed by atoms with Crippen molar-refractivity contribution in [2.24, 2.45) is 11.5 Å². The van der Waals surface area contributed by atoms with Gasteiger partial charge in [0.1, 0.15) is 18.1 Å². The van der Waals surface area contributed by atoms with Crippen molar-refractivity contribution in [2.45, 2.75) is 49.9 Å². The number of carbonyl (C=O) groups is 8. The maximum absolute atomic E-state index is 12.7. The van der Waals surface area contributed by atoms with Crippen molar-refractivity contribution in [2.75, 3.05) is 26.2 Å². The largest absolute Gasteiger partial charge is 0.481 e. The van der Waals surface area contributed by atoms with Gasteiger partial charge in [0.05, 0.1) is 38.6 Å². The predicted octanol–water partition coefficient (Wildman–Crippen LogP) is -6.71. The van der Waals surface area contributed by atoms with E-state index in [1.807, 2.05) is 10.6 Å². The fourth-order valence-corrected chi connectivity index (χ4v) is 3.00. The minimum Gasteiger partial charge on any atom is -0.481 e. The number of aliphatic carboxylic acids is 3. The van der Waals surface area contributed by atoms with Crippen molar-refractivity contribution in [1.29, 1.82) is 5.41 Å². The number of amides is 5. The normalized spacial score (nSPS) is 13.2. The van der Waals surface area contributed by atoms with Gasteiger partial charge in [-0.05, 0) is 12.8 Å². The lowest BCUT2D eigenvalue weighted by Gasteiger charge is -2.21. The fraction of sp³-hybridized carbons (Fsp3) is 0.571. The predicted molar refractivity (Wildman–Crippen MR) is 138 cm³/mol. The summed E-state index contributed by atoms with van der Waals surface area (Å²) in [6.07, 6.45) is -1.54. The second-order valence-electron chi connectivity index (χ2n) is 8.54. The summed E-state index contributed by atoms with van der Waals surface area (Å²) in [4.78, 5) is 94.2. The highest BCUT2D eigenvalue weighted by atomic mass is 16.4. The van der Waals surface area contributed by atoms with Crippen LogP contribution in [0.1, 0.15) is 25.7 Å². The first-order valence-electron chi connectivity index (χ1n) is 12.1. The Morgan fingerprint density at radius 2 is 1.21 bits per heavy atom. The molecule has 0 aliphatic heterocycles. The zero-order valence-corrected chi connectivity index (χ0v) is 22.2. The lowest BCUT2D eigenvalue weighted by Crippen LogP contribution is -2.55. The Bertz CT molecular complexity index is 1040. The van der Waals surface area contributed by atoms with Crippen LogP contribution < -0.4 is 43.4 Å². The van der Waals surface area contributed by atoms with Crippen LogP contribution in [0.5, 0.6) is 0 Å². The quantitative estimate of drug-likeness (QED) is 0.0348. The molecular formula is C21H35N9O12. The van der Waals surface area contributed by atoms with Crippen LogP contribution in [-0.2, 0) is 38.4 Å². The first-order chi connectivity index (χ1) is 19.6. The molecule has 0 aromatic rings. The second-order valence-corrected chi connectivity index (χ2v) is 8.54. The Labute approximate surface area is 237 Å². The van der Waals surface area contributed by atoms with Crippen molar-refractivity contribution in [3.05, 3.63) is 0 Å². The standard InChI is InChI=1S/C21H35N9O12/c22-9(4-15(34)35)17(38)26-6-13(32)28-10(2-1-3-25-21(23)24)18(39)27-7-14(33)29-11(5-16(36)37)19(40)30-12(8-31)20(41)42/h9-12,31H,1-8,22H2,(H,26,38)(H,27,39)(H,28,32)(H,29,33)(H,30,40)(H,34,35)(H,36,37)(H,41,42)(H4,23,24,25). The molecule has 5 amide bonds. The van der Waals surface area contributed by atoms with Gasteiger partial charge in [-0.1, -0.05) is 0 Å². The van der Waals surface area contributed by atoms with Crippen LogP contribution in [-0.4, -0.2) is 124 Å². The van der Waals surface area contributed by atoms with Crippen LogP contribution in [0.2, 0.25) is 0 Å². The van der Waals surface area contributed by atoms with Crippen LogP contribution in [0, 0.1) is 5.41 Å². The molecule has 0 radical (unpaired) electrons. The second kappa shape index (κ2) is 19.1. The molecule has 0 aliphatic rings. The van der Waals surface area contributed by atoms with Gasteiger partial charge in [-0.2, -0.15) is 0 Å². The molecule has 21 nitrogen and oxygen atoms in total. The average molecular weight is 606 g/mol. The zero-order chi connectivity index (χ0) is 32.4. The number of aliphatic hydroxyl groups excluding tert-OH is 1. The molecule has 0 aliphatic carbocycles. The first-order valence-corrected chi connectivity index (χ1v) is 12.1. The zero-order valence-electron chi connectivity index (χ0n) is 22.2. The number of hydrogen-bond donors (Lipinski definition) is 13. The van der Waals surface area contributed by atoms with E-state index in [1.54, 1.807) is 0 Å². The number of nitrogens with two attached hydrogens (primary N) is 2. The summed E-state index contributed by atoms with van der Waals surface area (Å²) >= 11 is 0. The minimum atomic E-state index is -1.77. The number of carboxylic acid groups (broad SMARTS) is 3. The van der Waals surface area contributed by atoms with Crippen LogP contribution >= 0.6 is 0 Å². The lowest BCUT2D eigenvalue weighted by atomic mass is 10.1. The van der Waals surface area contributed by atoms with Crippen LogP contribution in [0.3, 0.4) is 0 Å². The van der Waals surface area contributed by atoms with Crippen molar-refractivity contribution < 1.29 is 58.8 Å². The van der Waals surface area contributed by atoms with Crippen molar-refractivity contribution in [3.63, 3.8) is 0 Å². The van der Waals surface area contributed by atoms with Gasteiger partial charge in [0, 0.05) is 6.54 Å². The number of guanidine groups is 1. The topological polar surface area (TPSA) is 366 Å². The van der Waals surface area contributed by atoms with E-state index in [2.05, 4.69) is 21.3 Å². The number of carbonyl (C=O) groups excluding carboxylic acids is 5. The molecule has 0 spiro atoms.